The topological polar surface area (TPSA) is 3.24 Å². The van der Waals surface area contributed by atoms with Gasteiger partial charge in [-0.25, -0.2) is 4.39 Å². The largest absolute Gasteiger partial charge is 0.310 e. The van der Waals surface area contributed by atoms with E-state index in [1.807, 2.05) is 12.1 Å². The van der Waals surface area contributed by atoms with Crippen LogP contribution in [0.25, 0.3) is 88.0 Å². The Hall–Kier alpha value is -8.07. The van der Waals surface area contributed by atoms with Crippen molar-refractivity contribution in [1.82, 2.24) is 0 Å². The van der Waals surface area contributed by atoms with Gasteiger partial charge in [0.25, 0.3) is 0 Å². The van der Waals surface area contributed by atoms with Crippen molar-refractivity contribution in [3.63, 3.8) is 0 Å². The summed E-state index contributed by atoms with van der Waals surface area (Å²) in [5.41, 5.74) is 20.7. The van der Waals surface area contributed by atoms with Crippen molar-refractivity contribution in [2.24, 2.45) is 0 Å². The average Bonchev–Trinajstić information content (AvgIpc) is 3.75. The number of hydrogen-bond acceptors (Lipinski definition) is 1. The van der Waals surface area contributed by atoms with Gasteiger partial charge in [0.15, 0.2) is 0 Å². The molecule has 324 valence electrons. The minimum Gasteiger partial charge on any atom is -0.310 e. The van der Waals surface area contributed by atoms with Gasteiger partial charge in [0.1, 0.15) is 5.82 Å². The molecule has 11 aromatic carbocycles. The summed E-state index contributed by atoms with van der Waals surface area (Å²) in [5.74, 6) is -0.257. The van der Waals surface area contributed by atoms with Gasteiger partial charge in [-0.3, -0.25) is 0 Å². The molecule has 0 saturated heterocycles. The van der Waals surface area contributed by atoms with Crippen molar-refractivity contribution in [2.45, 2.75) is 38.5 Å². The summed E-state index contributed by atoms with van der Waals surface area (Å²) < 4.78 is 14.4. The Balaban J connectivity index is 1.02. The molecular formula is C66H48FN. The van der Waals surface area contributed by atoms with Crippen molar-refractivity contribution in [3.8, 4) is 55.6 Å². The molecule has 0 N–H and O–H groups in total. The normalized spacial score (nSPS) is 13.9. The lowest BCUT2D eigenvalue weighted by atomic mass is 9.79. The van der Waals surface area contributed by atoms with Gasteiger partial charge in [0.05, 0.1) is 5.69 Å². The van der Waals surface area contributed by atoms with Gasteiger partial charge < -0.3 is 4.90 Å². The van der Waals surface area contributed by atoms with Crippen LogP contribution in [-0.4, -0.2) is 0 Å². The Morgan fingerprint density at radius 3 is 1.37 bits per heavy atom. The Morgan fingerprint density at radius 2 is 0.765 bits per heavy atom. The second kappa shape index (κ2) is 15.0. The van der Waals surface area contributed by atoms with Gasteiger partial charge in [-0.2, -0.15) is 0 Å². The Bertz CT molecular complexity index is 3850. The quantitative estimate of drug-likeness (QED) is 0.151. The maximum Gasteiger partial charge on any atom is 0.123 e. The first-order valence-corrected chi connectivity index (χ1v) is 23.8. The van der Waals surface area contributed by atoms with Crippen molar-refractivity contribution in [1.29, 1.82) is 0 Å². The summed E-state index contributed by atoms with van der Waals surface area (Å²) in [4.78, 5) is 2.23. The van der Waals surface area contributed by atoms with Crippen LogP contribution in [0.4, 0.5) is 21.5 Å². The Labute approximate surface area is 397 Å². The molecule has 0 fully saturated rings. The molecule has 2 heteroatoms. The van der Waals surface area contributed by atoms with Crippen molar-refractivity contribution in [2.75, 3.05) is 4.90 Å². The average molecular weight is 874 g/mol. The van der Waals surface area contributed by atoms with Gasteiger partial charge in [0.2, 0.25) is 0 Å². The molecule has 0 spiro atoms. The third-order valence-electron chi connectivity index (χ3n) is 15.3. The molecule has 13 rings (SSSR count). The van der Waals surface area contributed by atoms with Crippen LogP contribution in [-0.2, 0) is 10.8 Å². The monoisotopic (exact) mass is 873 g/mol. The molecule has 68 heavy (non-hydrogen) atoms. The fraction of sp³-hybridized carbons (Fsp3) is 0.0909. The zero-order chi connectivity index (χ0) is 45.9. The van der Waals surface area contributed by atoms with Crippen LogP contribution in [0.5, 0.6) is 0 Å². The maximum absolute atomic E-state index is 14.4. The predicted molar refractivity (Wildman–Crippen MR) is 285 cm³/mol. The molecule has 2 aliphatic carbocycles. The third kappa shape index (κ3) is 6.00. The molecule has 0 amide bonds. The van der Waals surface area contributed by atoms with Crippen molar-refractivity contribution < 1.29 is 4.39 Å². The first-order chi connectivity index (χ1) is 33.1. The van der Waals surface area contributed by atoms with E-state index in [0.717, 1.165) is 39.0 Å². The number of fused-ring (bicyclic) bond motifs is 9. The minimum atomic E-state index is -0.257. The van der Waals surface area contributed by atoms with E-state index in [0.29, 0.717) is 0 Å². The lowest BCUT2D eigenvalue weighted by Crippen LogP contribution is -2.15. The molecule has 2 aliphatic rings. The highest BCUT2D eigenvalue weighted by Crippen LogP contribution is 2.54. The lowest BCUT2D eigenvalue weighted by Gasteiger charge is -2.27. The van der Waals surface area contributed by atoms with E-state index in [-0.39, 0.29) is 16.6 Å². The van der Waals surface area contributed by atoms with Crippen LogP contribution < -0.4 is 4.90 Å². The molecule has 0 unspecified atom stereocenters. The summed E-state index contributed by atoms with van der Waals surface area (Å²) in [7, 11) is 0. The molecule has 0 radical (unpaired) electrons. The number of hydrogen-bond donors (Lipinski definition) is 0. The van der Waals surface area contributed by atoms with Gasteiger partial charge in [-0.1, -0.05) is 185 Å². The summed E-state index contributed by atoms with van der Waals surface area (Å²) in [5, 5.41) is 7.22. The van der Waals surface area contributed by atoms with E-state index in [9.17, 15) is 4.39 Å². The van der Waals surface area contributed by atoms with Crippen LogP contribution in [0.3, 0.4) is 0 Å². The van der Waals surface area contributed by atoms with Crippen LogP contribution in [0.1, 0.15) is 49.9 Å². The van der Waals surface area contributed by atoms with Crippen LogP contribution in [0.15, 0.2) is 218 Å². The first-order valence-electron chi connectivity index (χ1n) is 23.8. The molecule has 0 aromatic heterocycles. The number of anilines is 3. The molecule has 11 aromatic rings. The maximum atomic E-state index is 14.4. The number of nitrogens with zero attached hydrogens (tertiary/aromatic N) is 1. The summed E-state index contributed by atoms with van der Waals surface area (Å²) in [6.07, 6.45) is 0. The second-order valence-corrected chi connectivity index (χ2v) is 19.8. The van der Waals surface area contributed by atoms with Crippen LogP contribution >= 0.6 is 0 Å². The van der Waals surface area contributed by atoms with Gasteiger partial charge in [-0.05, 0) is 165 Å². The SMILES string of the molecule is CC1(C)c2ccccc2-c2ccc(-c3c4ccccc4c(-c4ccc5c(c4)C(C)(C)c4ccccc4-5)c4cc(-c5ccc(N(c6ccc(F)cc6)c6cccc7ccccc67)cc5)ccc34)cc21. The fourth-order valence-corrected chi connectivity index (χ4v) is 11.9. The highest BCUT2D eigenvalue weighted by Gasteiger charge is 2.37. The van der Waals surface area contributed by atoms with Gasteiger partial charge >= 0.3 is 0 Å². The van der Waals surface area contributed by atoms with E-state index >= 15 is 0 Å². The molecule has 0 bridgehead atoms. The smallest absolute Gasteiger partial charge is 0.123 e. The lowest BCUT2D eigenvalue weighted by molar-refractivity contribution is 0.628. The van der Waals surface area contributed by atoms with E-state index in [2.05, 4.69) is 227 Å². The molecule has 0 saturated carbocycles. The molecule has 0 aliphatic heterocycles. The van der Waals surface area contributed by atoms with Crippen LogP contribution in [0, 0.1) is 5.82 Å². The highest BCUT2D eigenvalue weighted by atomic mass is 19.1. The minimum absolute atomic E-state index is 0.124. The number of halogens is 1. The van der Waals surface area contributed by atoms with E-state index in [4.69, 9.17) is 0 Å². The fourth-order valence-electron chi connectivity index (χ4n) is 11.9. The third-order valence-corrected chi connectivity index (χ3v) is 15.3. The van der Waals surface area contributed by atoms with Crippen molar-refractivity contribution in [3.05, 3.63) is 246 Å². The van der Waals surface area contributed by atoms with E-state index in [1.165, 1.54) is 100 Å². The second-order valence-electron chi connectivity index (χ2n) is 19.8. The van der Waals surface area contributed by atoms with E-state index in [1.54, 1.807) is 0 Å². The van der Waals surface area contributed by atoms with Gasteiger partial charge in [-0.15, -0.1) is 0 Å². The standard InChI is InChI=1S/C66H48FN/c1-65(2)58-21-11-9-17-50(58)52-35-27-44(39-60(52)65)63-54-19-7-8-20-55(54)64(45-28-36-53-51-18-10-12-22-59(51)66(3,4)61(53)40-45)57-38-43(26-37-56(57)63)41-24-31-47(32-25-41)68(48-33-29-46(67)30-34-48)62-23-13-15-42-14-5-6-16-49(42)62/h5-40H,1-4H3. The van der Waals surface area contributed by atoms with Crippen LogP contribution in [0.2, 0.25) is 0 Å². The first kappa shape index (κ1) is 40.2. The summed E-state index contributed by atoms with van der Waals surface area (Å²) in [6.45, 7) is 9.47. The number of benzene rings is 11. The van der Waals surface area contributed by atoms with E-state index < -0.39 is 0 Å². The Morgan fingerprint density at radius 1 is 0.324 bits per heavy atom. The summed E-state index contributed by atoms with van der Waals surface area (Å²) >= 11 is 0. The van der Waals surface area contributed by atoms with Crippen molar-refractivity contribution >= 4 is 49.4 Å². The zero-order valence-corrected chi connectivity index (χ0v) is 38.6. The van der Waals surface area contributed by atoms with Gasteiger partial charge in [0, 0.05) is 27.6 Å². The predicted octanol–water partition coefficient (Wildman–Crippen LogP) is 18.4. The highest BCUT2D eigenvalue weighted by molar-refractivity contribution is 6.22. The number of rotatable bonds is 6. The molecule has 0 heterocycles. The molecule has 0 atom stereocenters. The Kier molecular flexibility index (Phi) is 8.86. The molecular weight excluding hydrogens is 826 g/mol. The zero-order valence-electron chi connectivity index (χ0n) is 38.6. The molecule has 1 nitrogen and oxygen atoms in total. The summed E-state index contributed by atoms with van der Waals surface area (Å²) in [6, 6.07) is 78.8.